The first-order valence-electron chi connectivity index (χ1n) is 5.49. The largest absolute Gasteiger partial charge is 0.289 e. The van der Waals surface area contributed by atoms with Gasteiger partial charge in [0.1, 0.15) is 0 Å². The lowest BCUT2D eigenvalue weighted by atomic mass is 10.1. The van der Waals surface area contributed by atoms with Crippen molar-refractivity contribution in [1.82, 2.24) is 0 Å². The number of rotatable bonds is 8. The van der Waals surface area contributed by atoms with Crippen LogP contribution in [0.1, 0.15) is 0 Å². The van der Waals surface area contributed by atoms with Gasteiger partial charge in [0, 0.05) is 5.57 Å². The molecule has 0 N–H and O–H groups in total. The smallest absolute Gasteiger partial charge is 0.185 e. The van der Waals surface area contributed by atoms with Crippen molar-refractivity contribution in [3.05, 3.63) is 98.2 Å². The maximum atomic E-state index is 11.8. The van der Waals surface area contributed by atoms with E-state index in [0.717, 1.165) is 5.57 Å². The first-order chi connectivity index (χ1) is 8.69. The van der Waals surface area contributed by atoms with Crippen LogP contribution < -0.4 is 0 Å². The van der Waals surface area contributed by atoms with E-state index in [1.54, 1.807) is 42.5 Å². The van der Waals surface area contributed by atoms with Gasteiger partial charge in [-0.1, -0.05) is 81.0 Å². The Labute approximate surface area is 109 Å². The van der Waals surface area contributed by atoms with Crippen molar-refractivity contribution in [1.29, 1.82) is 0 Å². The predicted molar refractivity (Wildman–Crippen MR) is 80.2 cm³/mol. The van der Waals surface area contributed by atoms with Gasteiger partial charge in [0.2, 0.25) is 0 Å². The topological polar surface area (TPSA) is 17.1 Å². The second-order valence-corrected chi connectivity index (χ2v) is 3.26. The van der Waals surface area contributed by atoms with Crippen LogP contribution >= 0.6 is 0 Å². The third-order valence-corrected chi connectivity index (χ3v) is 1.96. The second-order valence-electron chi connectivity index (χ2n) is 3.26. The summed E-state index contributed by atoms with van der Waals surface area (Å²) in [5.41, 5.74) is 1.37. The van der Waals surface area contributed by atoms with Gasteiger partial charge in [-0.15, -0.1) is 0 Å². The molecule has 92 valence electrons. The summed E-state index contributed by atoms with van der Waals surface area (Å²) in [5, 5.41) is 0. The zero-order valence-corrected chi connectivity index (χ0v) is 10.5. The molecular weight excluding hydrogens is 220 g/mol. The van der Waals surface area contributed by atoms with Crippen LogP contribution in [0.25, 0.3) is 0 Å². The molecule has 1 heteroatoms. The Balaban J connectivity index is 4.99. The maximum Gasteiger partial charge on any atom is 0.185 e. The highest BCUT2D eigenvalue weighted by molar-refractivity contribution is 6.06. The van der Waals surface area contributed by atoms with Gasteiger partial charge in [-0.2, -0.15) is 0 Å². The van der Waals surface area contributed by atoms with Crippen LogP contribution in [0.3, 0.4) is 0 Å². The van der Waals surface area contributed by atoms with E-state index in [9.17, 15) is 4.79 Å². The Hall–Kier alpha value is -2.41. The van der Waals surface area contributed by atoms with Crippen LogP contribution in [0.5, 0.6) is 0 Å². The average molecular weight is 238 g/mol. The molecule has 18 heavy (non-hydrogen) atoms. The van der Waals surface area contributed by atoms with Gasteiger partial charge in [0.25, 0.3) is 0 Å². The standard InChI is InChI=1S/C17H18O/c1-5-9-12-15(10-6-2)13-14-17(18)16(8-4)11-7-3/h5-14H,1-4H2/b12-9-,14-13+,15-10+,16-11+. The molecule has 0 saturated carbocycles. The highest BCUT2D eigenvalue weighted by Crippen LogP contribution is 2.04. The lowest BCUT2D eigenvalue weighted by molar-refractivity contribution is -0.111. The summed E-state index contributed by atoms with van der Waals surface area (Å²) in [6.45, 7) is 14.3. The highest BCUT2D eigenvalue weighted by Gasteiger charge is 1.99. The van der Waals surface area contributed by atoms with E-state index in [2.05, 4.69) is 26.3 Å². The van der Waals surface area contributed by atoms with Crippen molar-refractivity contribution in [2.45, 2.75) is 0 Å². The Kier molecular flexibility index (Phi) is 8.48. The van der Waals surface area contributed by atoms with Gasteiger partial charge < -0.3 is 0 Å². The van der Waals surface area contributed by atoms with Crippen LogP contribution in [0.15, 0.2) is 98.2 Å². The molecule has 0 aromatic rings. The average Bonchev–Trinajstić information content (AvgIpc) is 2.38. The zero-order valence-electron chi connectivity index (χ0n) is 10.5. The second kappa shape index (κ2) is 9.79. The summed E-state index contributed by atoms with van der Waals surface area (Å²) in [5.74, 6) is -0.119. The lowest BCUT2D eigenvalue weighted by Crippen LogP contribution is -1.94. The number of allylic oxidation sites excluding steroid dienone is 12. The molecular formula is C17H18O. The Morgan fingerprint density at radius 2 is 1.44 bits per heavy atom. The summed E-state index contributed by atoms with van der Waals surface area (Å²) < 4.78 is 0. The van der Waals surface area contributed by atoms with E-state index < -0.39 is 0 Å². The maximum absolute atomic E-state index is 11.8. The quantitative estimate of drug-likeness (QED) is 0.456. The minimum absolute atomic E-state index is 0.119. The number of hydrogen-bond donors (Lipinski definition) is 0. The molecule has 0 aromatic carbocycles. The molecule has 0 aliphatic heterocycles. The minimum atomic E-state index is -0.119. The first-order valence-corrected chi connectivity index (χ1v) is 5.49. The molecule has 0 fully saturated rings. The molecule has 0 saturated heterocycles. The van der Waals surface area contributed by atoms with Crippen molar-refractivity contribution in [2.75, 3.05) is 0 Å². The molecule has 0 amide bonds. The van der Waals surface area contributed by atoms with Gasteiger partial charge in [-0.05, 0) is 11.6 Å². The molecule has 0 radical (unpaired) electrons. The highest BCUT2D eigenvalue weighted by atomic mass is 16.1. The first kappa shape index (κ1) is 15.6. The van der Waals surface area contributed by atoms with Crippen LogP contribution in [0.4, 0.5) is 0 Å². The number of carbonyl (C=O) groups is 1. The number of ketones is 1. The summed E-state index contributed by atoms with van der Waals surface area (Å²) in [7, 11) is 0. The predicted octanol–water partition coefficient (Wildman–Crippen LogP) is 4.26. The minimum Gasteiger partial charge on any atom is -0.289 e. The molecule has 0 aliphatic rings. The Morgan fingerprint density at radius 3 is 1.94 bits per heavy atom. The van der Waals surface area contributed by atoms with Gasteiger partial charge in [-0.25, -0.2) is 0 Å². The number of hydrogen-bond acceptors (Lipinski definition) is 1. The van der Waals surface area contributed by atoms with Crippen molar-refractivity contribution in [2.24, 2.45) is 0 Å². The number of carbonyl (C=O) groups excluding carboxylic acids is 1. The molecule has 1 nitrogen and oxygen atoms in total. The van der Waals surface area contributed by atoms with E-state index in [1.807, 2.05) is 6.08 Å². The van der Waals surface area contributed by atoms with E-state index in [0.29, 0.717) is 5.57 Å². The van der Waals surface area contributed by atoms with E-state index >= 15 is 0 Å². The summed E-state index contributed by atoms with van der Waals surface area (Å²) >= 11 is 0. The molecule has 0 bridgehead atoms. The van der Waals surface area contributed by atoms with Gasteiger partial charge in [0.05, 0.1) is 0 Å². The third kappa shape index (κ3) is 6.23. The fourth-order valence-electron chi connectivity index (χ4n) is 1.13. The molecule has 0 unspecified atom stereocenters. The molecule has 0 rings (SSSR count). The Morgan fingerprint density at radius 1 is 0.778 bits per heavy atom. The van der Waals surface area contributed by atoms with Crippen molar-refractivity contribution >= 4 is 5.78 Å². The van der Waals surface area contributed by atoms with Crippen molar-refractivity contribution in [3.8, 4) is 0 Å². The van der Waals surface area contributed by atoms with Crippen LogP contribution in [-0.4, -0.2) is 5.78 Å². The van der Waals surface area contributed by atoms with Crippen molar-refractivity contribution < 1.29 is 4.79 Å². The summed E-state index contributed by atoms with van der Waals surface area (Å²) in [6, 6.07) is 0. The fraction of sp³-hybridized carbons (Fsp3) is 0. The Bertz CT molecular complexity index is 454. The van der Waals surface area contributed by atoms with Crippen LogP contribution in [-0.2, 0) is 4.79 Å². The normalized spacial score (nSPS) is 12.7. The van der Waals surface area contributed by atoms with Crippen LogP contribution in [0, 0.1) is 0 Å². The monoisotopic (exact) mass is 238 g/mol. The zero-order chi connectivity index (χ0) is 13.8. The molecule has 0 heterocycles. The molecule has 0 spiro atoms. The fourth-order valence-corrected chi connectivity index (χ4v) is 1.13. The van der Waals surface area contributed by atoms with Gasteiger partial charge >= 0.3 is 0 Å². The van der Waals surface area contributed by atoms with Gasteiger partial charge in [-0.3, -0.25) is 4.79 Å². The molecule has 0 aromatic heterocycles. The van der Waals surface area contributed by atoms with E-state index in [-0.39, 0.29) is 5.78 Å². The molecule has 0 atom stereocenters. The van der Waals surface area contributed by atoms with E-state index in [4.69, 9.17) is 0 Å². The van der Waals surface area contributed by atoms with Crippen molar-refractivity contribution in [3.63, 3.8) is 0 Å². The summed E-state index contributed by atoms with van der Waals surface area (Å²) in [6.07, 6.45) is 16.6. The van der Waals surface area contributed by atoms with Gasteiger partial charge in [0.15, 0.2) is 5.78 Å². The SMILES string of the molecule is C=C\C=C/C(/C=C/C(=O)/C(C=C)=C/C=C)=C\C=C. The molecule has 0 aliphatic carbocycles. The lowest BCUT2D eigenvalue weighted by Gasteiger charge is -1.95. The summed E-state index contributed by atoms with van der Waals surface area (Å²) in [4.78, 5) is 11.8. The van der Waals surface area contributed by atoms with Crippen LogP contribution in [0.2, 0.25) is 0 Å². The van der Waals surface area contributed by atoms with E-state index in [1.165, 1.54) is 12.2 Å². The third-order valence-electron chi connectivity index (χ3n) is 1.96.